The highest BCUT2D eigenvalue weighted by Gasteiger charge is 2.54. The van der Waals surface area contributed by atoms with E-state index in [0.29, 0.717) is 30.7 Å². The van der Waals surface area contributed by atoms with Crippen molar-refractivity contribution < 1.29 is 13.9 Å². The third kappa shape index (κ3) is 2.84. The van der Waals surface area contributed by atoms with Gasteiger partial charge in [-0.3, -0.25) is 4.79 Å². The zero-order valence-electron chi connectivity index (χ0n) is 15.3. The quantitative estimate of drug-likeness (QED) is 0.676. The van der Waals surface area contributed by atoms with Crippen LogP contribution in [0, 0.1) is 11.2 Å². The molecule has 28 heavy (non-hydrogen) atoms. The minimum Gasteiger partial charge on any atom is -0.381 e. The van der Waals surface area contributed by atoms with Crippen molar-refractivity contribution in [3.05, 3.63) is 53.4 Å². The van der Waals surface area contributed by atoms with Crippen LogP contribution in [0.25, 0.3) is 16.4 Å². The van der Waals surface area contributed by atoms with Crippen molar-refractivity contribution in [2.75, 3.05) is 20.2 Å². The fraction of sp³-hybridized carbons (Fsp3) is 0.350. The molecular formula is C20H19FN4O2S. The first-order chi connectivity index (χ1) is 13.6. The largest absolute Gasteiger partial charge is 0.381 e. The summed E-state index contributed by atoms with van der Waals surface area (Å²) in [7, 11) is 1.73. The Balaban J connectivity index is 1.43. The molecule has 6 nitrogen and oxygen atoms in total. The fourth-order valence-corrected chi connectivity index (χ4v) is 4.83. The molecule has 0 unspecified atom stereocenters. The molecule has 1 aromatic carbocycles. The summed E-state index contributed by atoms with van der Waals surface area (Å²) in [6.45, 7) is 1.43. The average molecular weight is 398 g/mol. The van der Waals surface area contributed by atoms with E-state index >= 15 is 0 Å². The number of rotatable bonds is 4. The van der Waals surface area contributed by atoms with Crippen molar-refractivity contribution in [2.24, 2.45) is 5.41 Å². The smallest absolute Gasteiger partial charge is 0.293 e. The Morgan fingerprint density at radius 1 is 1.29 bits per heavy atom. The summed E-state index contributed by atoms with van der Waals surface area (Å²) < 4.78 is 20.6. The van der Waals surface area contributed by atoms with E-state index in [9.17, 15) is 9.18 Å². The summed E-state index contributed by atoms with van der Waals surface area (Å²) in [6.07, 6.45) is 2.31. The summed E-state index contributed by atoms with van der Waals surface area (Å²) in [5, 5.41) is 6.37. The van der Waals surface area contributed by atoms with E-state index in [4.69, 9.17) is 4.74 Å². The number of carbonyl (C=O) groups is 1. The van der Waals surface area contributed by atoms with Gasteiger partial charge in [0.05, 0.1) is 16.7 Å². The van der Waals surface area contributed by atoms with E-state index in [1.54, 1.807) is 28.8 Å². The second-order valence-corrected chi connectivity index (χ2v) is 8.50. The highest BCUT2D eigenvalue weighted by molar-refractivity contribution is 7.13. The van der Waals surface area contributed by atoms with E-state index in [1.165, 1.54) is 23.5 Å². The van der Waals surface area contributed by atoms with Gasteiger partial charge in [-0.2, -0.15) is 0 Å². The summed E-state index contributed by atoms with van der Waals surface area (Å²) in [5.74, 6) is 0.146. The van der Waals surface area contributed by atoms with Gasteiger partial charge in [0.2, 0.25) is 5.82 Å². The van der Waals surface area contributed by atoms with Crippen LogP contribution in [-0.4, -0.2) is 51.9 Å². The third-order valence-electron chi connectivity index (χ3n) is 5.59. The minimum atomic E-state index is -0.361. The molecule has 3 aromatic rings. The van der Waals surface area contributed by atoms with Crippen LogP contribution < -0.4 is 0 Å². The maximum atomic E-state index is 13.7. The standard InChI is InChI=1S/C20H19FN4O2S/c1-27-15-9-20(10-15)11-24(12-20)19(26)17-22-18(16-6-3-7-28-16)25(23-17)14-5-2-4-13(21)8-14/h2-8,15H,9-12H2,1H3. The Labute approximate surface area is 165 Å². The zero-order valence-corrected chi connectivity index (χ0v) is 16.2. The van der Waals surface area contributed by atoms with Crippen LogP contribution in [0.2, 0.25) is 0 Å². The van der Waals surface area contributed by atoms with Crippen LogP contribution in [0.15, 0.2) is 41.8 Å². The fourth-order valence-electron chi connectivity index (χ4n) is 4.14. The van der Waals surface area contributed by atoms with Gasteiger partial charge in [-0.05, 0) is 42.5 Å². The molecule has 2 fully saturated rings. The first-order valence-electron chi connectivity index (χ1n) is 9.16. The summed E-state index contributed by atoms with van der Waals surface area (Å²) in [5.41, 5.74) is 0.745. The lowest BCUT2D eigenvalue weighted by atomic mass is 9.62. The van der Waals surface area contributed by atoms with Gasteiger partial charge in [0.15, 0.2) is 5.82 Å². The van der Waals surface area contributed by atoms with E-state index in [2.05, 4.69) is 10.1 Å². The van der Waals surface area contributed by atoms with Crippen molar-refractivity contribution in [3.63, 3.8) is 0 Å². The molecule has 1 aliphatic carbocycles. The number of hydrogen-bond acceptors (Lipinski definition) is 5. The lowest BCUT2D eigenvalue weighted by molar-refractivity contribution is -0.126. The van der Waals surface area contributed by atoms with Gasteiger partial charge < -0.3 is 9.64 Å². The number of carbonyl (C=O) groups excluding carboxylic acids is 1. The molecule has 0 bridgehead atoms. The highest BCUT2D eigenvalue weighted by atomic mass is 32.1. The van der Waals surface area contributed by atoms with Gasteiger partial charge >= 0.3 is 0 Å². The number of hydrogen-bond donors (Lipinski definition) is 0. The molecule has 8 heteroatoms. The Morgan fingerprint density at radius 3 is 2.79 bits per heavy atom. The van der Waals surface area contributed by atoms with Crippen LogP contribution in [0.5, 0.6) is 0 Å². The molecule has 1 amide bonds. The van der Waals surface area contributed by atoms with Gasteiger partial charge in [0.1, 0.15) is 5.82 Å². The Kier molecular flexibility index (Phi) is 4.06. The van der Waals surface area contributed by atoms with E-state index in [1.807, 2.05) is 17.5 Å². The molecule has 5 rings (SSSR count). The Morgan fingerprint density at radius 2 is 2.11 bits per heavy atom. The Bertz CT molecular complexity index is 1020. The van der Waals surface area contributed by atoms with Gasteiger partial charge in [0.25, 0.3) is 5.91 Å². The van der Waals surface area contributed by atoms with Crippen molar-refractivity contribution >= 4 is 17.2 Å². The van der Waals surface area contributed by atoms with Gasteiger partial charge in [-0.1, -0.05) is 12.1 Å². The molecule has 1 saturated heterocycles. The average Bonchev–Trinajstić information content (AvgIpc) is 3.29. The molecule has 1 aliphatic heterocycles. The number of benzene rings is 1. The summed E-state index contributed by atoms with van der Waals surface area (Å²) in [6, 6.07) is 9.96. The highest BCUT2D eigenvalue weighted by Crippen LogP contribution is 2.49. The first-order valence-corrected chi connectivity index (χ1v) is 10.0. The molecule has 1 saturated carbocycles. The number of amides is 1. The summed E-state index contributed by atoms with van der Waals surface area (Å²) in [4.78, 5) is 20.1. The number of halogens is 1. The molecule has 3 heterocycles. The molecule has 0 atom stereocenters. The maximum Gasteiger partial charge on any atom is 0.293 e. The molecule has 1 spiro atoms. The molecule has 144 valence electrons. The van der Waals surface area contributed by atoms with Crippen LogP contribution >= 0.6 is 11.3 Å². The van der Waals surface area contributed by atoms with Crippen molar-refractivity contribution in [1.82, 2.24) is 19.7 Å². The first kappa shape index (κ1) is 17.5. The number of methoxy groups -OCH3 is 1. The van der Waals surface area contributed by atoms with Gasteiger partial charge in [0, 0.05) is 25.6 Å². The monoisotopic (exact) mass is 398 g/mol. The third-order valence-corrected chi connectivity index (χ3v) is 6.45. The van der Waals surface area contributed by atoms with Crippen LogP contribution in [-0.2, 0) is 4.74 Å². The van der Waals surface area contributed by atoms with E-state index in [-0.39, 0.29) is 23.0 Å². The number of thiophene rings is 1. The lowest BCUT2D eigenvalue weighted by Gasteiger charge is -2.58. The van der Waals surface area contributed by atoms with Gasteiger partial charge in [-0.25, -0.2) is 14.1 Å². The lowest BCUT2D eigenvalue weighted by Crippen LogP contribution is -2.65. The summed E-state index contributed by atoms with van der Waals surface area (Å²) >= 11 is 1.50. The van der Waals surface area contributed by atoms with Gasteiger partial charge in [-0.15, -0.1) is 16.4 Å². The van der Waals surface area contributed by atoms with Crippen molar-refractivity contribution in [2.45, 2.75) is 18.9 Å². The van der Waals surface area contributed by atoms with Crippen molar-refractivity contribution in [3.8, 4) is 16.4 Å². The number of likely N-dealkylation sites (tertiary alicyclic amines) is 1. The maximum absolute atomic E-state index is 13.7. The number of nitrogens with zero attached hydrogens (tertiary/aromatic N) is 4. The van der Waals surface area contributed by atoms with E-state index < -0.39 is 0 Å². The number of ether oxygens (including phenoxy) is 1. The predicted octanol–water partition coefficient (Wildman–Crippen LogP) is 3.39. The molecule has 0 N–H and O–H groups in total. The minimum absolute atomic E-state index is 0.144. The zero-order chi connectivity index (χ0) is 19.3. The second kappa shape index (κ2) is 6.49. The predicted molar refractivity (Wildman–Crippen MR) is 103 cm³/mol. The SMILES string of the molecule is COC1CC2(C1)CN(C(=O)c1nc(-c3cccs3)n(-c3cccc(F)c3)n1)C2. The topological polar surface area (TPSA) is 60.2 Å². The normalized spacial score (nSPS) is 18.1. The molecular weight excluding hydrogens is 379 g/mol. The molecule has 0 radical (unpaired) electrons. The van der Waals surface area contributed by atoms with Crippen LogP contribution in [0.1, 0.15) is 23.5 Å². The molecule has 2 aromatic heterocycles. The van der Waals surface area contributed by atoms with E-state index in [0.717, 1.165) is 17.7 Å². The second-order valence-electron chi connectivity index (χ2n) is 7.56. The van der Waals surface area contributed by atoms with Crippen LogP contribution in [0.4, 0.5) is 4.39 Å². The Hall–Kier alpha value is -2.58. The molecule has 2 aliphatic rings. The van der Waals surface area contributed by atoms with Crippen molar-refractivity contribution in [1.29, 1.82) is 0 Å². The number of aromatic nitrogens is 3. The van der Waals surface area contributed by atoms with Crippen LogP contribution in [0.3, 0.4) is 0 Å².